The molecule has 2 fully saturated rings. The number of nitrogens with two attached hydrogens (primary N) is 1. The Morgan fingerprint density at radius 3 is 2.00 bits per heavy atom. The smallest absolute Gasteiger partial charge is 0.224 e. The summed E-state index contributed by atoms with van der Waals surface area (Å²) in [6.45, 7) is -2.18. The maximum atomic E-state index is 10.0. The van der Waals surface area contributed by atoms with Crippen molar-refractivity contribution >= 4 is 0 Å². The van der Waals surface area contributed by atoms with E-state index in [4.69, 9.17) is 30.2 Å². The predicted octanol–water partition coefficient (Wildman–Crippen LogP) is -5.43. The summed E-state index contributed by atoms with van der Waals surface area (Å²) in [5.41, 5.74) is 5.63. The van der Waals surface area contributed by atoms with Crippen molar-refractivity contribution in [1.82, 2.24) is 0 Å². The van der Waals surface area contributed by atoms with Crippen LogP contribution in [-0.2, 0) is 14.2 Å². The van der Waals surface area contributed by atoms with Gasteiger partial charge >= 0.3 is 0 Å². The van der Waals surface area contributed by atoms with Crippen molar-refractivity contribution in [2.75, 3.05) is 19.8 Å². The van der Waals surface area contributed by atoms with Gasteiger partial charge in [0.1, 0.15) is 43.2 Å². The normalized spacial score (nSPS) is 51.1. The molecule has 0 radical (unpaired) electrons. The molecule has 2 aliphatic rings. The Labute approximate surface area is 131 Å². The van der Waals surface area contributed by atoms with E-state index in [0.29, 0.717) is 0 Å². The fourth-order valence-corrected chi connectivity index (χ4v) is 2.68. The van der Waals surface area contributed by atoms with Gasteiger partial charge in [-0.05, 0) is 0 Å². The molecule has 0 aromatic carbocycles. The predicted molar refractivity (Wildman–Crippen MR) is 70.6 cm³/mol. The number of hydrogen-bond acceptors (Lipinski definition) is 11. The van der Waals surface area contributed by atoms with E-state index in [1.54, 1.807) is 0 Å². The van der Waals surface area contributed by atoms with Crippen LogP contribution in [0.15, 0.2) is 0 Å². The molecule has 2 saturated heterocycles. The van der Waals surface area contributed by atoms with Gasteiger partial charge in [0.25, 0.3) is 0 Å². The Kier molecular flexibility index (Phi) is 5.92. The first-order chi connectivity index (χ1) is 10.8. The van der Waals surface area contributed by atoms with Crippen LogP contribution in [0.3, 0.4) is 0 Å². The van der Waals surface area contributed by atoms with Gasteiger partial charge in [-0.3, -0.25) is 0 Å². The van der Waals surface area contributed by atoms with Crippen LogP contribution in [0.5, 0.6) is 0 Å². The second kappa shape index (κ2) is 7.21. The van der Waals surface area contributed by atoms with Crippen LogP contribution in [-0.4, -0.2) is 110 Å². The number of aliphatic hydroxyl groups is 7. The summed E-state index contributed by atoms with van der Waals surface area (Å²) in [5.74, 6) is -2.17. The first kappa shape index (κ1) is 18.9. The zero-order valence-electron chi connectivity index (χ0n) is 12.2. The molecule has 0 aliphatic carbocycles. The van der Waals surface area contributed by atoms with Gasteiger partial charge in [0, 0.05) is 0 Å². The molecule has 9 N–H and O–H groups in total. The van der Waals surface area contributed by atoms with Crippen LogP contribution >= 0.6 is 0 Å². The maximum Gasteiger partial charge on any atom is 0.224 e. The number of rotatable bonds is 5. The van der Waals surface area contributed by atoms with Gasteiger partial charge < -0.3 is 55.7 Å². The quantitative estimate of drug-likeness (QED) is 0.238. The van der Waals surface area contributed by atoms with Gasteiger partial charge in [0.15, 0.2) is 6.29 Å². The highest BCUT2D eigenvalue weighted by molar-refractivity contribution is 4.99. The Morgan fingerprint density at radius 2 is 1.52 bits per heavy atom. The van der Waals surface area contributed by atoms with E-state index < -0.39 is 74.6 Å². The lowest BCUT2D eigenvalue weighted by Crippen LogP contribution is -2.65. The summed E-state index contributed by atoms with van der Waals surface area (Å²) in [7, 11) is 0. The molecule has 0 unspecified atom stereocenters. The second-order valence-electron chi connectivity index (χ2n) is 5.65. The highest BCUT2D eigenvalue weighted by Crippen LogP contribution is 2.35. The zero-order valence-corrected chi connectivity index (χ0v) is 12.2. The lowest BCUT2D eigenvalue weighted by molar-refractivity contribution is -0.374. The van der Waals surface area contributed by atoms with Crippen LogP contribution in [0.1, 0.15) is 0 Å². The molecule has 23 heavy (non-hydrogen) atoms. The van der Waals surface area contributed by atoms with Gasteiger partial charge in [0.05, 0.1) is 19.3 Å². The van der Waals surface area contributed by atoms with E-state index in [1.165, 1.54) is 0 Å². The highest BCUT2D eigenvalue weighted by atomic mass is 16.8. The molecule has 0 bridgehead atoms. The van der Waals surface area contributed by atoms with E-state index in [9.17, 15) is 25.5 Å². The lowest BCUT2D eigenvalue weighted by atomic mass is 9.97. The minimum atomic E-state index is -2.17. The highest BCUT2D eigenvalue weighted by Gasteiger charge is 2.58. The molecule has 11 heteroatoms. The summed E-state index contributed by atoms with van der Waals surface area (Å²) < 4.78 is 15.6. The van der Waals surface area contributed by atoms with Gasteiger partial charge in [-0.2, -0.15) is 0 Å². The monoisotopic (exact) mass is 341 g/mol. The first-order valence-corrected chi connectivity index (χ1v) is 7.12. The third kappa shape index (κ3) is 3.23. The Morgan fingerprint density at radius 1 is 0.913 bits per heavy atom. The molecular formula is C12H23NO10. The molecule has 0 amide bonds. The summed E-state index contributed by atoms with van der Waals surface area (Å²) in [5, 5.41) is 67.3. The average Bonchev–Trinajstić information content (AvgIpc) is 2.80. The number of hydrogen-bond donors (Lipinski definition) is 8. The molecule has 136 valence electrons. The molecule has 0 aromatic heterocycles. The van der Waals surface area contributed by atoms with Crippen LogP contribution < -0.4 is 5.73 Å². The second-order valence-corrected chi connectivity index (χ2v) is 5.65. The number of aliphatic hydroxyl groups excluding tert-OH is 7. The minimum Gasteiger partial charge on any atom is -0.394 e. The Balaban J connectivity index is 2.18. The van der Waals surface area contributed by atoms with Gasteiger partial charge in [0.2, 0.25) is 5.79 Å². The standard InChI is InChI=1S/C12H23NO10/c13-6-7(17)4(1-14)21-11(9(6)19)23-12(3-16)10(20)8(18)5(2-15)22-12/h4-11,14-20H,1-3,13H2/t4-,5-,6-,7-,8-,9+,10+,11-,12+/m1/s1. The molecular weight excluding hydrogens is 318 g/mol. The van der Waals surface area contributed by atoms with E-state index in [1.807, 2.05) is 0 Å². The van der Waals surface area contributed by atoms with E-state index in [0.717, 1.165) is 0 Å². The van der Waals surface area contributed by atoms with Crippen molar-refractivity contribution in [3.05, 3.63) is 0 Å². The van der Waals surface area contributed by atoms with Gasteiger partial charge in [-0.15, -0.1) is 0 Å². The van der Waals surface area contributed by atoms with Gasteiger partial charge in [-0.25, -0.2) is 0 Å². The van der Waals surface area contributed by atoms with Crippen molar-refractivity contribution in [3.8, 4) is 0 Å². The largest absolute Gasteiger partial charge is 0.394 e. The van der Waals surface area contributed by atoms with Crippen molar-refractivity contribution in [2.24, 2.45) is 5.73 Å². The third-order valence-corrected chi connectivity index (χ3v) is 4.16. The van der Waals surface area contributed by atoms with Crippen molar-refractivity contribution < 1.29 is 50.0 Å². The summed E-state index contributed by atoms with van der Waals surface area (Å²) in [6, 6.07) is -1.22. The fraction of sp³-hybridized carbons (Fsp3) is 1.00. The lowest BCUT2D eigenvalue weighted by Gasteiger charge is -2.43. The van der Waals surface area contributed by atoms with Crippen molar-refractivity contribution in [1.29, 1.82) is 0 Å². The topological polar surface area (TPSA) is 195 Å². The molecule has 0 aromatic rings. The minimum absolute atomic E-state index is 0.612. The van der Waals surface area contributed by atoms with Crippen LogP contribution in [0.4, 0.5) is 0 Å². The molecule has 11 nitrogen and oxygen atoms in total. The third-order valence-electron chi connectivity index (χ3n) is 4.16. The van der Waals surface area contributed by atoms with Crippen LogP contribution in [0.2, 0.25) is 0 Å². The zero-order chi connectivity index (χ0) is 17.4. The van der Waals surface area contributed by atoms with E-state index in [-0.39, 0.29) is 0 Å². The SMILES string of the molecule is N[C@H]1[C@H](O)[C@@H](O[C@]2(CO)O[C@H](CO)[C@@H](O)[C@@H]2O)O[C@H](CO)[C@H]1O. The van der Waals surface area contributed by atoms with E-state index >= 15 is 0 Å². The summed E-state index contributed by atoms with van der Waals surface area (Å²) in [6.07, 6.45) is -10.1. The molecule has 9 atom stereocenters. The van der Waals surface area contributed by atoms with Crippen LogP contribution in [0, 0.1) is 0 Å². The molecule has 0 spiro atoms. The molecule has 2 rings (SSSR count). The Bertz CT molecular complexity index is 398. The van der Waals surface area contributed by atoms with E-state index in [2.05, 4.69) is 0 Å². The Hall–Kier alpha value is -0.440. The first-order valence-electron chi connectivity index (χ1n) is 7.12. The number of ether oxygens (including phenoxy) is 3. The molecule has 2 heterocycles. The molecule has 0 saturated carbocycles. The summed E-state index contributed by atoms with van der Waals surface area (Å²) >= 11 is 0. The fourth-order valence-electron chi connectivity index (χ4n) is 2.68. The average molecular weight is 341 g/mol. The molecule has 2 aliphatic heterocycles. The summed E-state index contributed by atoms with van der Waals surface area (Å²) in [4.78, 5) is 0. The van der Waals surface area contributed by atoms with Crippen molar-refractivity contribution in [3.63, 3.8) is 0 Å². The van der Waals surface area contributed by atoms with Crippen molar-refractivity contribution in [2.45, 2.75) is 54.7 Å². The van der Waals surface area contributed by atoms with Crippen LogP contribution in [0.25, 0.3) is 0 Å². The van der Waals surface area contributed by atoms with Gasteiger partial charge in [-0.1, -0.05) is 0 Å². The maximum absolute atomic E-state index is 10.0.